The Balaban J connectivity index is 1.52. The summed E-state index contributed by atoms with van der Waals surface area (Å²) < 4.78 is 7.00. The lowest BCUT2D eigenvalue weighted by Crippen LogP contribution is -2.59. The number of fused-ring (bicyclic) bond motifs is 5. The van der Waals surface area contributed by atoms with E-state index in [-0.39, 0.29) is 0 Å². The summed E-state index contributed by atoms with van der Waals surface area (Å²) in [6.45, 7) is 20.1. The van der Waals surface area contributed by atoms with Gasteiger partial charge in [-0.05, 0) is 123 Å². The minimum atomic E-state index is -1.51. The highest BCUT2D eigenvalue weighted by molar-refractivity contribution is 6.69. The largest absolute Gasteiger partial charge is 0.414 e. The molecule has 0 saturated heterocycles. The maximum Gasteiger partial charge on any atom is 0.184 e. The molecule has 0 unspecified atom stereocenters. The lowest BCUT2D eigenvalue weighted by molar-refractivity contribution is -0.159. The van der Waals surface area contributed by atoms with Gasteiger partial charge in [0.1, 0.15) is 0 Å². The van der Waals surface area contributed by atoms with Crippen molar-refractivity contribution in [3.05, 3.63) is 0 Å². The Morgan fingerprint density at radius 2 is 1.59 bits per heavy atom. The zero-order valence-corrected chi connectivity index (χ0v) is 24.0. The number of hydrogen-bond acceptors (Lipinski definition) is 1. The van der Waals surface area contributed by atoms with Crippen LogP contribution in [0.25, 0.3) is 0 Å². The Morgan fingerprint density at radius 1 is 0.844 bits per heavy atom. The minimum absolute atomic E-state index is 0.448. The molecule has 186 valence electrons. The summed E-state index contributed by atoms with van der Waals surface area (Å²) in [5.74, 6) is 6.59. The molecule has 0 aromatic carbocycles. The molecule has 0 heterocycles. The van der Waals surface area contributed by atoms with Crippen molar-refractivity contribution in [1.29, 1.82) is 0 Å². The molecule has 0 N–H and O–H groups in total. The minimum Gasteiger partial charge on any atom is -0.414 e. The quantitative estimate of drug-likeness (QED) is 0.344. The molecule has 0 spiro atoms. The molecule has 0 amide bonds. The smallest absolute Gasteiger partial charge is 0.184 e. The lowest BCUT2D eigenvalue weighted by Gasteiger charge is -2.63. The molecule has 0 radical (unpaired) electrons. The third kappa shape index (κ3) is 4.55. The normalized spacial score (nSPS) is 45.3. The standard InChI is InChI=1S/C30H56OSi/c1-21(2)11-9-12-22(3)25-17-18-26-24-16-15-23-13-10-14-28(31-32(6,7)8)30(23,5)27(24)19-20-29(25,26)4/h21-28H,9-20H2,1-8H3/t22-,23+,24+,25-,26+,27+,28-,29-,30+/m1/s1. The van der Waals surface area contributed by atoms with Gasteiger partial charge in [-0.2, -0.15) is 0 Å². The summed E-state index contributed by atoms with van der Waals surface area (Å²) in [7, 11) is -1.51. The van der Waals surface area contributed by atoms with Gasteiger partial charge in [0, 0.05) is 0 Å². The second-order valence-electron chi connectivity index (χ2n) is 14.7. The van der Waals surface area contributed by atoms with E-state index in [1.54, 1.807) is 0 Å². The molecular formula is C30H56OSi. The first-order chi connectivity index (χ1) is 15.0. The van der Waals surface area contributed by atoms with Crippen molar-refractivity contribution in [1.82, 2.24) is 0 Å². The monoisotopic (exact) mass is 460 g/mol. The first-order valence-electron chi connectivity index (χ1n) is 14.6. The van der Waals surface area contributed by atoms with E-state index in [1.165, 1.54) is 77.0 Å². The zero-order chi connectivity index (χ0) is 23.3. The molecule has 4 aliphatic carbocycles. The number of rotatable bonds is 7. The van der Waals surface area contributed by atoms with E-state index in [0.29, 0.717) is 16.9 Å². The molecule has 2 heteroatoms. The van der Waals surface area contributed by atoms with Gasteiger partial charge in [0.2, 0.25) is 0 Å². The molecule has 4 rings (SSSR count). The zero-order valence-electron chi connectivity index (χ0n) is 23.0. The maximum atomic E-state index is 7.00. The van der Waals surface area contributed by atoms with E-state index in [9.17, 15) is 0 Å². The Morgan fingerprint density at radius 3 is 2.28 bits per heavy atom. The first-order valence-corrected chi connectivity index (χ1v) is 18.1. The Bertz CT molecular complexity index is 637. The van der Waals surface area contributed by atoms with Crippen molar-refractivity contribution in [2.24, 2.45) is 52.3 Å². The summed E-state index contributed by atoms with van der Waals surface area (Å²) in [5.41, 5.74) is 1.06. The summed E-state index contributed by atoms with van der Waals surface area (Å²) in [4.78, 5) is 0. The van der Waals surface area contributed by atoms with E-state index in [0.717, 1.165) is 41.4 Å². The van der Waals surface area contributed by atoms with Crippen LogP contribution in [0.3, 0.4) is 0 Å². The summed E-state index contributed by atoms with van der Waals surface area (Å²) in [6.07, 6.45) is 18.1. The van der Waals surface area contributed by atoms with Crippen LogP contribution in [0.2, 0.25) is 19.6 Å². The molecule has 4 fully saturated rings. The highest BCUT2D eigenvalue weighted by Crippen LogP contribution is 2.68. The van der Waals surface area contributed by atoms with Gasteiger partial charge in [0.05, 0.1) is 6.10 Å². The second-order valence-corrected chi connectivity index (χ2v) is 19.2. The maximum absolute atomic E-state index is 7.00. The van der Waals surface area contributed by atoms with Crippen molar-refractivity contribution in [3.63, 3.8) is 0 Å². The average molecular weight is 461 g/mol. The fraction of sp³-hybridized carbons (Fsp3) is 1.00. The van der Waals surface area contributed by atoms with E-state index in [2.05, 4.69) is 54.3 Å². The highest BCUT2D eigenvalue weighted by atomic mass is 28.4. The SMILES string of the molecule is CC(C)CCC[C@@H](C)[C@H]1CC[C@H]2[C@@H]3CC[C@@H]4CCC[C@@H](O[Si](C)(C)C)[C@]4(C)[C@H]3CC[C@]12C. The average Bonchev–Trinajstić information content (AvgIpc) is 3.04. The van der Waals surface area contributed by atoms with Crippen molar-refractivity contribution >= 4 is 8.32 Å². The molecule has 4 saturated carbocycles. The predicted molar refractivity (Wildman–Crippen MR) is 141 cm³/mol. The van der Waals surface area contributed by atoms with E-state index >= 15 is 0 Å². The van der Waals surface area contributed by atoms with Crippen LogP contribution in [0, 0.1) is 52.3 Å². The topological polar surface area (TPSA) is 9.23 Å². The molecule has 0 aliphatic heterocycles. The third-order valence-corrected chi connectivity index (χ3v) is 12.4. The van der Waals surface area contributed by atoms with Crippen molar-refractivity contribution < 1.29 is 4.43 Å². The fourth-order valence-corrected chi connectivity index (χ4v) is 11.1. The fourth-order valence-electron chi connectivity index (χ4n) is 9.92. The van der Waals surface area contributed by atoms with Crippen molar-refractivity contribution in [2.75, 3.05) is 0 Å². The van der Waals surface area contributed by atoms with Gasteiger partial charge in [-0.3, -0.25) is 0 Å². The highest BCUT2D eigenvalue weighted by Gasteiger charge is 2.62. The molecule has 0 bridgehead atoms. The van der Waals surface area contributed by atoms with Crippen LogP contribution in [0.4, 0.5) is 0 Å². The van der Waals surface area contributed by atoms with Crippen LogP contribution in [-0.2, 0) is 4.43 Å². The molecule has 32 heavy (non-hydrogen) atoms. The van der Waals surface area contributed by atoms with Gasteiger partial charge >= 0.3 is 0 Å². The summed E-state index contributed by atoms with van der Waals surface area (Å²) >= 11 is 0. The van der Waals surface area contributed by atoms with Gasteiger partial charge in [-0.15, -0.1) is 0 Å². The number of hydrogen-bond donors (Lipinski definition) is 0. The first kappa shape index (κ1) is 25.3. The van der Waals surface area contributed by atoms with Gasteiger partial charge in [-0.25, -0.2) is 0 Å². The molecule has 1 nitrogen and oxygen atoms in total. The van der Waals surface area contributed by atoms with E-state index in [4.69, 9.17) is 4.43 Å². The van der Waals surface area contributed by atoms with Crippen LogP contribution in [0.15, 0.2) is 0 Å². The van der Waals surface area contributed by atoms with Crippen molar-refractivity contribution in [2.45, 2.75) is 137 Å². The van der Waals surface area contributed by atoms with Crippen LogP contribution in [-0.4, -0.2) is 14.4 Å². The Hall–Kier alpha value is 0.177. The second kappa shape index (κ2) is 9.33. The van der Waals surface area contributed by atoms with Crippen molar-refractivity contribution in [3.8, 4) is 0 Å². The molecule has 0 aromatic rings. The Kier molecular flexibility index (Phi) is 7.37. The summed E-state index contributed by atoms with van der Waals surface area (Å²) in [5, 5.41) is 0. The Labute approximate surface area is 202 Å². The van der Waals surface area contributed by atoms with Gasteiger partial charge in [-0.1, -0.05) is 60.3 Å². The molecule has 4 aliphatic rings. The molecule has 0 aromatic heterocycles. The van der Waals surface area contributed by atoms with Gasteiger partial charge < -0.3 is 4.43 Å². The van der Waals surface area contributed by atoms with Gasteiger partial charge in [0.25, 0.3) is 0 Å². The third-order valence-electron chi connectivity index (χ3n) is 11.4. The summed E-state index contributed by atoms with van der Waals surface area (Å²) in [6, 6.07) is 0. The van der Waals surface area contributed by atoms with Gasteiger partial charge in [0.15, 0.2) is 8.32 Å². The van der Waals surface area contributed by atoms with Crippen LogP contribution >= 0.6 is 0 Å². The van der Waals surface area contributed by atoms with Crippen LogP contribution < -0.4 is 0 Å². The lowest BCUT2D eigenvalue weighted by atomic mass is 9.44. The molecular weight excluding hydrogens is 404 g/mol. The van der Waals surface area contributed by atoms with E-state index < -0.39 is 8.32 Å². The predicted octanol–water partition coefficient (Wildman–Crippen LogP) is 9.33. The van der Waals surface area contributed by atoms with Crippen LogP contribution in [0.1, 0.15) is 112 Å². The van der Waals surface area contributed by atoms with E-state index in [1.807, 2.05) is 0 Å². The molecule has 9 atom stereocenters. The van der Waals surface area contributed by atoms with Crippen LogP contribution in [0.5, 0.6) is 0 Å².